The predicted octanol–water partition coefficient (Wildman–Crippen LogP) is 3.88. The zero-order valence-electron chi connectivity index (χ0n) is 22.8. The zero-order chi connectivity index (χ0) is 28.6. The number of ether oxygens (including phenoxy) is 1. The van der Waals surface area contributed by atoms with Crippen molar-refractivity contribution in [3.63, 3.8) is 0 Å². The Kier molecular flexibility index (Phi) is 5.46. The molecule has 2 fully saturated rings. The Bertz CT molecular complexity index is 1790. The molecular weight excluding hydrogens is 520 g/mol. The van der Waals surface area contributed by atoms with E-state index in [2.05, 4.69) is 15.6 Å². The molecule has 0 radical (unpaired) electrons. The van der Waals surface area contributed by atoms with Gasteiger partial charge in [-0.15, -0.1) is 0 Å². The summed E-state index contributed by atoms with van der Waals surface area (Å²) in [5.74, 6) is -3.00. The van der Waals surface area contributed by atoms with Crippen LogP contribution in [0.25, 0.3) is 10.9 Å². The van der Waals surface area contributed by atoms with Crippen molar-refractivity contribution in [2.75, 3.05) is 10.2 Å². The second kappa shape index (κ2) is 8.87. The summed E-state index contributed by atoms with van der Waals surface area (Å²) in [6, 6.07) is 17.6. The largest absolute Gasteiger partial charge is 0.427 e. The van der Waals surface area contributed by atoms with E-state index in [1.165, 1.54) is 11.8 Å². The van der Waals surface area contributed by atoms with E-state index in [1.54, 1.807) is 24.3 Å². The molecule has 0 saturated carbocycles. The fourth-order valence-corrected chi connectivity index (χ4v) is 7.05. The summed E-state index contributed by atoms with van der Waals surface area (Å²) in [6.45, 7) is 5.19. The monoisotopic (exact) mass is 548 g/mol. The number of nitrogens with zero attached hydrogens (tertiary/aromatic N) is 1. The molecule has 3 aliphatic rings. The summed E-state index contributed by atoms with van der Waals surface area (Å²) in [4.78, 5) is 58.3. The van der Waals surface area contributed by atoms with E-state index in [9.17, 15) is 19.2 Å². The number of imide groups is 1. The number of hydrogen-bond acceptors (Lipinski definition) is 6. The molecule has 3 aliphatic heterocycles. The lowest BCUT2D eigenvalue weighted by molar-refractivity contribution is -0.132. The highest BCUT2D eigenvalue weighted by Gasteiger charge is 2.70. The van der Waals surface area contributed by atoms with Crippen LogP contribution in [0.15, 0.2) is 66.9 Å². The minimum Gasteiger partial charge on any atom is -0.427 e. The topological polar surface area (TPSA) is 121 Å². The van der Waals surface area contributed by atoms with Crippen molar-refractivity contribution < 1.29 is 23.9 Å². The number of carbonyl (C=O) groups is 4. The van der Waals surface area contributed by atoms with Gasteiger partial charge >= 0.3 is 5.97 Å². The highest BCUT2D eigenvalue weighted by Crippen LogP contribution is 2.54. The van der Waals surface area contributed by atoms with Crippen LogP contribution in [0.2, 0.25) is 0 Å². The first kappa shape index (κ1) is 25.2. The molecule has 4 heterocycles. The van der Waals surface area contributed by atoms with Gasteiger partial charge in [0.05, 0.1) is 17.5 Å². The number of esters is 1. The lowest BCUT2D eigenvalue weighted by atomic mass is 9.75. The minimum atomic E-state index is -1.40. The van der Waals surface area contributed by atoms with E-state index in [1.807, 2.05) is 56.4 Å². The first-order valence-electron chi connectivity index (χ1n) is 13.6. The second-order valence-corrected chi connectivity index (χ2v) is 11.2. The Morgan fingerprint density at radius 1 is 1.00 bits per heavy atom. The molecule has 41 heavy (non-hydrogen) atoms. The van der Waals surface area contributed by atoms with Crippen LogP contribution in [-0.2, 0) is 31.1 Å². The highest BCUT2D eigenvalue weighted by atomic mass is 16.5. The number of aromatic amines is 1. The van der Waals surface area contributed by atoms with Gasteiger partial charge in [-0.2, -0.15) is 0 Å². The number of rotatable bonds is 4. The third-order valence-corrected chi connectivity index (χ3v) is 8.64. The van der Waals surface area contributed by atoms with Gasteiger partial charge in [-0.1, -0.05) is 35.9 Å². The van der Waals surface area contributed by atoms with E-state index in [4.69, 9.17) is 4.74 Å². The van der Waals surface area contributed by atoms with Crippen LogP contribution in [0, 0.1) is 25.7 Å². The number of aromatic nitrogens is 1. The number of aryl methyl sites for hydroxylation is 2. The van der Waals surface area contributed by atoms with Crippen LogP contribution < -0.4 is 20.3 Å². The smallest absolute Gasteiger partial charge is 0.308 e. The zero-order valence-corrected chi connectivity index (χ0v) is 22.8. The highest BCUT2D eigenvalue weighted by molar-refractivity contribution is 6.26. The van der Waals surface area contributed by atoms with Gasteiger partial charge < -0.3 is 15.0 Å². The van der Waals surface area contributed by atoms with Crippen LogP contribution in [-0.4, -0.2) is 34.7 Å². The maximum atomic E-state index is 14.3. The third kappa shape index (κ3) is 3.58. The number of amides is 3. The fourth-order valence-electron chi connectivity index (χ4n) is 7.05. The van der Waals surface area contributed by atoms with Gasteiger partial charge in [0.15, 0.2) is 0 Å². The molecule has 2 unspecified atom stereocenters. The molecule has 1 spiro atoms. The number of H-pyrrole nitrogens is 1. The van der Waals surface area contributed by atoms with Crippen molar-refractivity contribution in [2.45, 2.75) is 38.8 Å². The number of carbonyl (C=O) groups excluding carboxylic acids is 4. The number of para-hydroxylation sites is 1. The van der Waals surface area contributed by atoms with E-state index >= 15 is 0 Å². The normalized spacial score (nSPS) is 24.7. The second-order valence-electron chi connectivity index (χ2n) is 11.2. The molecule has 7 rings (SSSR count). The van der Waals surface area contributed by atoms with Gasteiger partial charge in [-0.05, 0) is 61.7 Å². The Hall–Kier alpha value is -4.76. The average molecular weight is 549 g/mol. The Morgan fingerprint density at radius 3 is 2.51 bits per heavy atom. The maximum Gasteiger partial charge on any atom is 0.308 e. The lowest BCUT2D eigenvalue weighted by Gasteiger charge is -2.30. The van der Waals surface area contributed by atoms with E-state index in [0.717, 1.165) is 27.6 Å². The SMILES string of the molecule is CC(=O)Oc1ccc(N2C(=O)[C@@H]3C(Cc4c[nH]c5ccccc45)NC4(C(=O)Nc5c(C)cc(C)cc54)[C@@H]3C2=O)cc1. The van der Waals surface area contributed by atoms with Crippen LogP contribution in [0.1, 0.15) is 29.2 Å². The first-order valence-corrected chi connectivity index (χ1v) is 13.6. The van der Waals surface area contributed by atoms with Crippen molar-refractivity contribution in [3.8, 4) is 5.75 Å². The Labute approximate surface area is 235 Å². The summed E-state index contributed by atoms with van der Waals surface area (Å²) in [6.07, 6.45) is 2.37. The Morgan fingerprint density at radius 2 is 1.76 bits per heavy atom. The van der Waals surface area contributed by atoms with Crippen LogP contribution in [0.3, 0.4) is 0 Å². The molecule has 9 nitrogen and oxygen atoms in total. The summed E-state index contributed by atoms with van der Waals surface area (Å²) in [5, 5.41) is 7.60. The van der Waals surface area contributed by atoms with Crippen LogP contribution in [0.4, 0.5) is 11.4 Å². The fraction of sp³-hybridized carbons (Fsp3) is 0.250. The minimum absolute atomic E-state index is 0.311. The molecule has 1 aromatic heterocycles. The summed E-state index contributed by atoms with van der Waals surface area (Å²) < 4.78 is 5.13. The lowest BCUT2D eigenvalue weighted by Crippen LogP contribution is -2.53. The van der Waals surface area contributed by atoms with Gasteiger partial charge in [0.1, 0.15) is 11.3 Å². The summed E-state index contributed by atoms with van der Waals surface area (Å²) >= 11 is 0. The van der Waals surface area contributed by atoms with E-state index < -0.39 is 35.3 Å². The van der Waals surface area contributed by atoms with Gasteiger partial charge in [0, 0.05) is 41.3 Å². The van der Waals surface area contributed by atoms with E-state index in [-0.39, 0.29) is 11.8 Å². The molecule has 4 aromatic rings. The molecule has 4 atom stereocenters. The van der Waals surface area contributed by atoms with Crippen LogP contribution in [0.5, 0.6) is 5.75 Å². The molecule has 9 heteroatoms. The van der Waals surface area contributed by atoms with Crippen molar-refractivity contribution in [1.82, 2.24) is 10.3 Å². The quantitative estimate of drug-likeness (QED) is 0.202. The number of anilines is 2. The molecule has 0 aliphatic carbocycles. The molecule has 2 saturated heterocycles. The van der Waals surface area contributed by atoms with Crippen molar-refractivity contribution in [3.05, 3.63) is 89.1 Å². The van der Waals surface area contributed by atoms with Gasteiger partial charge in [-0.25, -0.2) is 4.90 Å². The summed E-state index contributed by atoms with van der Waals surface area (Å²) in [7, 11) is 0. The van der Waals surface area contributed by atoms with E-state index in [0.29, 0.717) is 29.1 Å². The third-order valence-electron chi connectivity index (χ3n) is 8.64. The molecular formula is C32H28N4O5. The van der Waals surface area contributed by atoms with Crippen molar-refractivity contribution >= 4 is 46.0 Å². The number of benzene rings is 3. The van der Waals surface area contributed by atoms with Gasteiger partial charge in [0.2, 0.25) is 17.7 Å². The Balaban J connectivity index is 1.35. The standard InChI is InChI=1S/C32H28N4O5/c1-16-12-17(2)28-23(13-16)32(31(40)34-28)27-26(25(35-32)14-19-15-33-24-7-5-4-6-22(19)24)29(38)36(30(27)39)20-8-10-21(11-9-20)41-18(3)37/h4-13,15,25-27,33,35H,14H2,1-3H3,(H,34,40)/t25?,26-,27+,32?/m1/s1. The molecule has 0 bridgehead atoms. The molecule has 3 aromatic carbocycles. The number of nitrogens with one attached hydrogen (secondary N) is 3. The van der Waals surface area contributed by atoms with Crippen molar-refractivity contribution in [1.29, 1.82) is 0 Å². The molecule has 3 amide bonds. The summed E-state index contributed by atoms with van der Waals surface area (Å²) in [5.41, 5.74) is 4.19. The number of fused-ring (bicyclic) bond motifs is 5. The molecule has 3 N–H and O–H groups in total. The van der Waals surface area contributed by atoms with Gasteiger partial charge in [-0.3, -0.25) is 24.5 Å². The van der Waals surface area contributed by atoms with Gasteiger partial charge in [0.25, 0.3) is 0 Å². The van der Waals surface area contributed by atoms with Crippen molar-refractivity contribution in [2.24, 2.45) is 11.8 Å². The first-order chi connectivity index (χ1) is 19.7. The average Bonchev–Trinajstić information content (AvgIpc) is 3.64. The number of hydrogen-bond donors (Lipinski definition) is 3. The maximum absolute atomic E-state index is 14.3. The predicted molar refractivity (Wildman–Crippen MR) is 152 cm³/mol. The molecule has 206 valence electrons. The van der Waals surface area contributed by atoms with Crippen LogP contribution >= 0.6 is 0 Å².